The fourth-order valence-corrected chi connectivity index (χ4v) is 3.55. The number of ether oxygens (including phenoxy) is 1. The van der Waals surface area contributed by atoms with Gasteiger partial charge in [0.1, 0.15) is 12.6 Å². The molecule has 3 aromatic carbocycles. The summed E-state index contributed by atoms with van der Waals surface area (Å²) in [6.07, 6.45) is 2.54. The molecule has 0 amide bonds. The molecule has 4 aromatic rings. The van der Waals surface area contributed by atoms with Crippen molar-refractivity contribution in [2.45, 2.75) is 25.6 Å². The number of carbonyl (C=O) groups is 1. The molecule has 0 saturated heterocycles. The maximum atomic E-state index is 12.4. The molecule has 0 aliphatic rings. The highest BCUT2D eigenvalue weighted by molar-refractivity contribution is 5.86. The van der Waals surface area contributed by atoms with Gasteiger partial charge in [-0.3, -0.25) is 4.79 Å². The van der Waals surface area contributed by atoms with Crippen molar-refractivity contribution in [1.82, 2.24) is 4.57 Å². The quantitative estimate of drug-likeness (QED) is 0.440. The third-order valence-electron chi connectivity index (χ3n) is 5.03. The SMILES string of the molecule is Cl.NC(Cc1cn(Cc2ccccc2)c2ccccc12)C(=O)OCc1ccccc1. The summed E-state index contributed by atoms with van der Waals surface area (Å²) in [7, 11) is 0. The van der Waals surface area contributed by atoms with E-state index >= 15 is 0 Å². The number of fused-ring (bicyclic) bond motifs is 1. The summed E-state index contributed by atoms with van der Waals surface area (Å²) in [4.78, 5) is 12.4. The number of hydrogen-bond acceptors (Lipinski definition) is 3. The van der Waals surface area contributed by atoms with Gasteiger partial charge in [-0.1, -0.05) is 78.9 Å². The van der Waals surface area contributed by atoms with Gasteiger partial charge < -0.3 is 15.0 Å². The van der Waals surface area contributed by atoms with Crippen LogP contribution >= 0.6 is 12.4 Å². The van der Waals surface area contributed by atoms with Crippen LogP contribution in [0.15, 0.2) is 91.1 Å². The van der Waals surface area contributed by atoms with Crippen LogP contribution in [0, 0.1) is 0 Å². The summed E-state index contributed by atoms with van der Waals surface area (Å²) in [6.45, 7) is 1.01. The smallest absolute Gasteiger partial charge is 0.323 e. The molecule has 30 heavy (non-hydrogen) atoms. The number of nitrogens with two attached hydrogens (primary N) is 1. The van der Waals surface area contributed by atoms with Gasteiger partial charge in [-0.15, -0.1) is 12.4 Å². The Hall–Kier alpha value is -3.08. The van der Waals surface area contributed by atoms with Crippen LogP contribution in [0.5, 0.6) is 0 Å². The summed E-state index contributed by atoms with van der Waals surface area (Å²) in [5, 5.41) is 1.12. The second-order valence-corrected chi connectivity index (χ2v) is 7.19. The summed E-state index contributed by atoms with van der Waals surface area (Å²) in [5.41, 5.74) is 10.6. The fraction of sp³-hybridized carbons (Fsp3) is 0.160. The van der Waals surface area contributed by atoms with Gasteiger partial charge in [0.15, 0.2) is 0 Å². The number of benzene rings is 3. The Bertz CT molecular complexity index is 1090. The summed E-state index contributed by atoms with van der Waals surface area (Å²) in [5.74, 6) is -0.381. The molecule has 4 rings (SSSR count). The lowest BCUT2D eigenvalue weighted by molar-refractivity contribution is -0.146. The monoisotopic (exact) mass is 420 g/mol. The van der Waals surface area contributed by atoms with Crippen molar-refractivity contribution < 1.29 is 9.53 Å². The number of carbonyl (C=O) groups excluding carboxylic acids is 1. The average molecular weight is 421 g/mol. The first-order valence-electron chi connectivity index (χ1n) is 9.77. The van der Waals surface area contributed by atoms with Crippen LogP contribution in [0.4, 0.5) is 0 Å². The molecule has 0 bridgehead atoms. The summed E-state index contributed by atoms with van der Waals surface area (Å²) < 4.78 is 7.62. The van der Waals surface area contributed by atoms with Gasteiger partial charge >= 0.3 is 5.97 Å². The van der Waals surface area contributed by atoms with Crippen LogP contribution in [0.2, 0.25) is 0 Å². The molecule has 154 valence electrons. The Morgan fingerprint density at radius 1 is 0.867 bits per heavy atom. The second kappa shape index (κ2) is 10.1. The molecule has 1 unspecified atom stereocenters. The topological polar surface area (TPSA) is 57.2 Å². The summed E-state index contributed by atoms with van der Waals surface area (Å²) >= 11 is 0. The minimum absolute atomic E-state index is 0. The lowest BCUT2D eigenvalue weighted by Crippen LogP contribution is -2.34. The van der Waals surface area contributed by atoms with Gasteiger partial charge in [0.25, 0.3) is 0 Å². The Balaban J connectivity index is 0.00000256. The molecule has 0 spiro atoms. The normalized spacial score (nSPS) is 11.6. The van der Waals surface area contributed by atoms with E-state index in [1.807, 2.05) is 60.7 Å². The molecule has 0 radical (unpaired) electrons. The molecule has 0 aliphatic carbocycles. The zero-order chi connectivity index (χ0) is 20.1. The van der Waals surface area contributed by atoms with E-state index in [4.69, 9.17) is 10.5 Å². The molecule has 1 heterocycles. The molecule has 0 saturated carbocycles. The fourth-order valence-electron chi connectivity index (χ4n) is 3.55. The largest absolute Gasteiger partial charge is 0.460 e. The number of halogens is 1. The second-order valence-electron chi connectivity index (χ2n) is 7.19. The van der Waals surface area contributed by atoms with Crippen LogP contribution in [-0.2, 0) is 29.1 Å². The molecule has 0 fully saturated rings. The predicted octanol–water partition coefficient (Wildman–Crippen LogP) is 4.72. The highest BCUT2D eigenvalue weighted by atomic mass is 35.5. The van der Waals surface area contributed by atoms with E-state index < -0.39 is 6.04 Å². The standard InChI is InChI=1S/C25H24N2O2.ClH/c26-23(25(28)29-18-20-11-5-2-6-12-20)15-21-17-27(16-19-9-3-1-4-10-19)24-14-8-7-13-22(21)24;/h1-14,17,23H,15-16,18,26H2;1H. The average Bonchev–Trinajstić information content (AvgIpc) is 3.10. The first-order valence-corrected chi connectivity index (χ1v) is 9.77. The summed E-state index contributed by atoms with van der Waals surface area (Å²) in [6, 6.07) is 27.5. The number of rotatable bonds is 7. The maximum absolute atomic E-state index is 12.4. The van der Waals surface area contributed by atoms with E-state index in [2.05, 4.69) is 35.0 Å². The Labute approximate surface area is 182 Å². The number of hydrogen-bond donors (Lipinski definition) is 1. The van der Waals surface area contributed by atoms with Crippen LogP contribution in [-0.4, -0.2) is 16.6 Å². The molecule has 0 aliphatic heterocycles. The maximum Gasteiger partial charge on any atom is 0.323 e. The van der Waals surface area contributed by atoms with Crippen molar-refractivity contribution in [3.63, 3.8) is 0 Å². The molecular formula is C25H25ClN2O2. The molecular weight excluding hydrogens is 396 g/mol. The highest BCUT2D eigenvalue weighted by Gasteiger charge is 2.19. The minimum Gasteiger partial charge on any atom is -0.460 e. The van der Waals surface area contributed by atoms with Crippen LogP contribution < -0.4 is 5.73 Å². The van der Waals surface area contributed by atoms with E-state index in [1.54, 1.807) is 0 Å². The first-order chi connectivity index (χ1) is 14.2. The first kappa shape index (κ1) is 21.6. The van der Waals surface area contributed by atoms with Crippen LogP contribution in [0.1, 0.15) is 16.7 Å². The Kier molecular flexibility index (Phi) is 7.28. The van der Waals surface area contributed by atoms with Gasteiger partial charge in [0.05, 0.1) is 0 Å². The van der Waals surface area contributed by atoms with E-state index in [-0.39, 0.29) is 25.0 Å². The van der Waals surface area contributed by atoms with Crippen molar-refractivity contribution in [3.05, 3.63) is 108 Å². The number of aromatic nitrogens is 1. The van der Waals surface area contributed by atoms with E-state index in [9.17, 15) is 4.79 Å². The predicted molar refractivity (Wildman–Crippen MR) is 123 cm³/mol. The van der Waals surface area contributed by atoms with Crippen LogP contribution in [0.25, 0.3) is 10.9 Å². The molecule has 1 aromatic heterocycles. The van der Waals surface area contributed by atoms with Crippen molar-refractivity contribution in [2.75, 3.05) is 0 Å². The van der Waals surface area contributed by atoms with Crippen molar-refractivity contribution in [1.29, 1.82) is 0 Å². The lowest BCUT2D eigenvalue weighted by atomic mass is 10.1. The lowest BCUT2D eigenvalue weighted by Gasteiger charge is -2.11. The zero-order valence-electron chi connectivity index (χ0n) is 16.6. The Morgan fingerprint density at radius 2 is 1.47 bits per heavy atom. The molecule has 2 N–H and O–H groups in total. The highest BCUT2D eigenvalue weighted by Crippen LogP contribution is 2.23. The van der Waals surface area contributed by atoms with Gasteiger partial charge in [-0.25, -0.2) is 0 Å². The van der Waals surface area contributed by atoms with Crippen molar-refractivity contribution >= 4 is 29.3 Å². The number of para-hydroxylation sites is 1. The Morgan fingerprint density at radius 3 is 2.17 bits per heavy atom. The van der Waals surface area contributed by atoms with Gasteiger partial charge in [-0.05, 0) is 22.8 Å². The molecule has 1 atom stereocenters. The van der Waals surface area contributed by atoms with Gasteiger partial charge in [0.2, 0.25) is 0 Å². The van der Waals surface area contributed by atoms with Crippen LogP contribution in [0.3, 0.4) is 0 Å². The third-order valence-corrected chi connectivity index (χ3v) is 5.03. The number of esters is 1. The minimum atomic E-state index is -0.699. The van der Waals surface area contributed by atoms with Crippen molar-refractivity contribution in [2.24, 2.45) is 5.73 Å². The van der Waals surface area contributed by atoms with Crippen molar-refractivity contribution in [3.8, 4) is 0 Å². The molecule has 5 heteroatoms. The van der Waals surface area contributed by atoms with Gasteiger partial charge in [-0.2, -0.15) is 0 Å². The molecule has 4 nitrogen and oxygen atoms in total. The van der Waals surface area contributed by atoms with E-state index in [0.717, 1.165) is 28.6 Å². The van der Waals surface area contributed by atoms with Gasteiger partial charge in [0, 0.05) is 30.1 Å². The third kappa shape index (κ3) is 5.09. The van der Waals surface area contributed by atoms with E-state index in [1.165, 1.54) is 5.56 Å². The number of nitrogens with zero attached hydrogens (tertiary/aromatic N) is 1. The zero-order valence-corrected chi connectivity index (χ0v) is 17.4. The van der Waals surface area contributed by atoms with E-state index in [0.29, 0.717) is 6.42 Å².